The molecule has 0 aromatic heterocycles. The van der Waals surface area contributed by atoms with Crippen LogP contribution in [0.5, 0.6) is 0 Å². The molecular weight excluding hydrogens is 278 g/mol. The first-order chi connectivity index (χ1) is 10.7. The molecule has 0 saturated carbocycles. The summed E-state index contributed by atoms with van der Waals surface area (Å²) in [5, 5.41) is 0. The molecule has 22 heavy (non-hydrogen) atoms. The first-order valence-electron chi connectivity index (χ1n) is 8.15. The number of hydrogen-bond acceptors (Lipinski definition) is 3. The van der Waals surface area contributed by atoms with Gasteiger partial charge >= 0.3 is 6.09 Å². The van der Waals surface area contributed by atoms with Gasteiger partial charge in [-0.1, -0.05) is 30.3 Å². The Labute approximate surface area is 132 Å². The van der Waals surface area contributed by atoms with Gasteiger partial charge in [0.05, 0.1) is 0 Å². The molecule has 4 nitrogen and oxygen atoms in total. The average Bonchev–Trinajstić information content (AvgIpc) is 2.54. The number of nitrogens with zero attached hydrogens (tertiary/aromatic N) is 1. The van der Waals surface area contributed by atoms with Gasteiger partial charge in [-0.25, -0.2) is 4.79 Å². The van der Waals surface area contributed by atoms with Crippen LogP contribution in [0.15, 0.2) is 30.3 Å². The lowest BCUT2D eigenvalue weighted by molar-refractivity contribution is -0.108. The van der Waals surface area contributed by atoms with E-state index in [-0.39, 0.29) is 18.2 Å². The quantitative estimate of drug-likeness (QED) is 0.591. The van der Waals surface area contributed by atoms with Crippen molar-refractivity contribution >= 4 is 12.4 Å². The van der Waals surface area contributed by atoms with Crippen molar-refractivity contribution in [3.8, 4) is 0 Å². The molecule has 1 aromatic carbocycles. The number of likely N-dealkylation sites (tertiary alicyclic amines) is 1. The van der Waals surface area contributed by atoms with Crippen LogP contribution in [0.3, 0.4) is 0 Å². The first kappa shape index (κ1) is 16.5. The second-order valence-electron chi connectivity index (χ2n) is 5.98. The van der Waals surface area contributed by atoms with Crippen LogP contribution in [-0.4, -0.2) is 29.4 Å². The van der Waals surface area contributed by atoms with E-state index in [4.69, 9.17) is 4.74 Å². The monoisotopic (exact) mass is 303 g/mol. The fourth-order valence-electron chi connectivity index (χ4n) is 3.13. The Morgan fingerprint density at radius 3 is 2.82 bits per heavy atom. The number of benzene rings is 1. The molecule has 1 aliphatic heterocycles. The molecule has 0 N–H and O–H groups in total. The Morgan fingerprint density at radius 1 is 1.32 bits per heavy atom. The first-order valence-corrected chi connectivity index (χ1v) is 8.15. The minimum atomic E-state index is -0.229. The molecule has 4 heteroatoms. The summed E-state index contributed by atoms with van der Waals surface area (Å²) in [6.45, 7) is 2.39. The number of unbranched alkanes of at least 4 members (excludes halogenated alkanes) is 1. The number of ether oxygens (including phenoxy) is 1. The Balaban J connectivity index is 1.92. The zero-order valence-electron chi connectivity index (χ0n) is 13.2. The standard InChI is InChI=1S/C18H25NO3/c1-15-8-7-12-17(11-5-6-13-20)19(15)18(21)22-14-16-9-3-2-4-10-16/h2-4,9-10,13,15,17H,5-8,11-12,14H2,1H3/t15-,17+/m0/s1. The van der Waals surface area contributed by atoms with E-state index in [9.17, 15) is 9.59 Å². The van der Waals surface area contributed by atoms with Crippen LogP contribution in [0, 0.1) is 0 Å². The van der Waals surface area contributed by atoms with Gasteiger partial charge in [0.2, 0.25) is 0 Å². The van der Waals surface area contributed by atoms with Crippen molar-refractivity contribution in [2.24, 2.45) is 0 Å². The van der Waals surface area contributed by atoms with E-state index in [1.54, 1.807) is 0 Å². The second-order valence-corrected chi connectivity index (χ2v) is 5.98. The minimum absolute atomic E-state index is 0.201. The van der Waals surface area contributed by atoms with Gasteiger partial charge in [-0.3, -0.25) is 0 Å². The fraction of sp³-hybridized carbons (Fsp3) is 0.556. The molecular formula is C18H25NO3. The van der Waals surface area contributed by atoms with Gasteiger partial charge in [0.25, 0.3) is 0 Å². The summed E-state index contributed by atoms with van der Waals surface area (Å²) in [7, 11) is 0. The average molecular weight is 303 g/mol. The molecule has 0 spiro atoms. The smallest absolute Gasteiger partial charge is 0.410 e. The van der Waals surface area contributed by atoms with Gasteiger partial charge in [0.15, 0.2) is 0 Å². The summed E-state index contributed by atoms with van der Waals surface area (Å²) in [6, 6.07) is 10.1. The van der Waals surface area contributed by atoms with Crippen molar-refractivity contribution < 1.29 is 14.3 Å². The van der Waals surface area contributed by atoms with Crippen molar-refractivity contribution in [1.82, 2.24) is 4.90 Å². The second kappa shape index (κ2) is 8.57. The van der Waals surface area contributed by atoms with Crippen molar-refractivity contribution in [2.75, 3.05) is 0 Å². The Bertz CT molecular complexity index is 474. The van der Waals surface area contributed by atoms with Crippen molar-refractivity contribution in [1.29, 1.82) is 0 Å². The van der Waals surface area contributed by atoms with E-state index in [2.05, 4.69) is 6.92 Å². The zero-order chi connectivity index (χ0) is 15.8. The van der Waals surface area contributed by atoms with E-state index < -0.39 is 0 Å². The minimum Gasteiger partial charge on any atom is -0.445 e. The molecule has 0 aliphatic carbocycles. The number of carbonyl (C=O) groups is 2. The van der Waals surface area contributed by atoms with Gasteiger partial charge in [-0.15, -0.1) is 0 Å². The zero-order valence-corrected chi connectivity index (χ0v) is 13.2. The fourth-order valence-corrected chi connectivity index (χ4v) is 3.13. The molecule has 0 bridgehead atoms. The predicted molar refractivity (Wildman–Crippen MR) is 85.5 cm³/mol. The van der Waals surface area contributed by atoms with Crippen LogP contribution in [0.2, 0.25) is 0 Å². The molecule has 0 radical (unpaired) electrons. The highest BCUT2D eigenvalue weighted by Gasteiger charge is 2.32. The molecule has 120 valence electrons. The number of aldehydes is 1. The van der Waals surface area contributed by atoms with Crippen LogP contribution in [-0.2, 0) is 16.1 Å². The number of rotatable bonds is 6. The lowest BCUT2D eigenvalue weighted by atomic mass is 9.93. The van der Waals surface area contributed by atoms with Crippen LogP contribution >= 0.6 is 0 Å². The molecule has 2 atom stereocenters. The number of hydrogen-bond donors (Lipinski definition) is 0. The highest BCUT2D eigenvalue weighted by molar-refractivity contribution is 5.68. The summed E-state index contributed by atoms with van der Waals surface area (Å²) >= 11 is 0. The van der Waals surface area contributed by atoms with E-state index in [0.29, 0.717) is 13.0 Å². The third-order valence-electron chi connectivity index (χ3n) is 4.30. The molecule has 1 heterocycles. The third kappa shape index (κ3) is 4.58. The van der Waals surface area contributed by atoms with E-state index >= 15 is 0 Å². The topological polar surface area (TPSA) is 46.6 Å². The van der Waals surface area contributed by atoms with E-state index in [1.807, 2.05) is 35.2 Å². The molecule has 1 amide bonds. The Morgan fingerprint density at radius 2 is 2.09 bits per heavy atom. The molecule has 1 fully saturated rings. The molecule has 0 unspecified atom stereocenters. The van der Waals surface area contributed by atoms with Gasteiger partial charge in [-0.2, -0.15) is 0 Å². The van der Waals surface area contributed by atoms with E-state index in [1.165, 1.54) is 0 Å². The molecule has 1 aliphatic rings. The van der Waals surface area contributed by atoms with Crippen LogP contribution in [0.25, 0.3) is 0 Å². The van der Waals surface area contributed by atoms with E-state index in [0.717, 1.165) is 44.0 Å². The van der Waals surface area contributed by atoms with Crippen molar-refractivity contribution in [3.63, 3.8) is 0 Å². The number of carbonyl (C=O) groups excluding carboxylic acids is 2. The summed E-state index contributed by atoms with van der Waals surface area (Å²) in [6.07, 6.45) is 6.16. The van der Waals surface area contributed by atoms with Gasteiger partial charge in [0.1, 0.15) is 12.9 Å². The maximum absolute atomic E-state index is 12.5. The summed E-state index contributed by atoms with van der Waals surface area (Å²) < 4.78 is 5.49. The lowest BCUT2D eigenvalue weighted by Crippen LogP contribution is -2.49. The maximum atomic E-state index is 12.5. The van der Waals surface area contributed by atoms with Crippen LogP contribution < -0.4 is 0 Å². The van der Waals surface area contributed by atoms with Crippen molar-refractivity contribution in [3.05, 3.63) is 35.9 Å². The molecule has 1 saturated heterocycles. The van der Waals surface area contributed by atoms with Crippen LogP contribution in [0.4, 0.5) is 4.79 Å². The van der Waals surface area contributed by atoms with Crippen molar-refractivity contribution in [2.45, 2.75) is 64.1 Å². The molecule has 2 rings (SSSR count). The lowest BCUT2D eigenvalue weighted by Gasteiger charge is -2.40. The SMILES string of the molecule is C[C@H]1CCC[C@@H](CCCC=O)N1C(=O)OCc1ccccc1. The van der Waals surface area contributed by atoms with Gasteiger partial charge in [-0.05, 0) is 44.6 Å². The molecule has 1 aromatic rings. The number of amides is 1. The summed E-state index contributed by atoms with van der Waals surface area (Å²) in [4.78, 5) is 24.8. The van der Waals surface area contributed by atoms with Crippen LogP contribution in [0.1, 0.15) is 51.0 Å². The highest BCUT2D eigenvalue weighted by atomic mass is 16.6. The third-order valence-corrected chi connectivity index (χ3v) is 4.30. The number of piperidine rings is 1. The highest BCUT2D eigenvalue weighted by Crippen LogP contribution is 2.27. The van der Waals surface area contributed by atoms with Gasteiger partial charge < -0.3 is 14.4 Å². The summed E-state index contributed by atoms with van der Waals surface area (Å²) in [5.74, 6) is 0. The largest absolute Gasteiger partial charge is 0.445 e. The predicted octanol–water partition coefficient (Wildman–Crippen LogP) is 3.94. The normalized spacial score (nSPS) is 21.4. The Kier molecular flexibility index (Phi) is 6.44. The van der Waals surface area contributed by atoms with Gasteiger partial charge in [0, 0.05) is 18.5 Å². The Hall–Kier alpha value is -1.84. The maximum Gasteiger partial charge on any atom is 0.410 e. The summed E-state index contributed by atoms with van der Waals surface area (Å²) in [5.41, 5.74) is 0.998.